The van der Waals surface area contributed by atoms with E-state index >= 15 is 0 Å². The van der Waals surface area contributed by atoms with Crippen LogP contribution in [0, 0.1) is 35.5 Å². The van der Waals surface area contributed by atoms with Crippen molar-refractivity contribution < 1.29 is 0 Å². The van der Waals surface area contributed by atoms with Gasteiger partial charge in [-0.25, -0.2) is 0 Å². The number of allylic oxidation sites excluding steroid dienone is 8. The van der Waals surface area contributed by atoms with Gasteiger partial charge in [0, 0.05) is 38.3 Å². The van der Waals surface area contributed by atoms with Crippen LogP contribution in [0.2, 0.25) is 0 Å². The quantitative estimate of drug-likeness (QED) is 0.154. The first-order valence-corrected chi connectivity index (χ1v) is 21.7. The predicted octanol–water partition coefficient (Wildman–Crippen LogP) is 15.6. The third-order valence-corrected chi connectivity index (χ3v) is 17.8. The highest BCUT2D eigenvalue weighted by atomic mass is 32.1. The average molecular weight is 715 g/mol. The topological polar surface area (TPSA) is 0 Å². The third kappa shape index (κ3) is 5.13. The molecule has 2 aliphatic rings. The van der Waals surface area contributed by atoms with Gasteiger partial charge in [0.2, 0.25) is 0 Å². The van der Waals surface area contributed by atoms with Crippen LogP contribution < -0.4 is 0 Å². The van der Waals surface area contributed by atoms with E-state index in [0.29, 0.717) is 35.5 Å². The van der Waals surface area contributed by atoms with E-state index < -0.39 is 0 Å². The lowest BCUT2D eigenvalue weighted by atomic mass is 9.77. The molecule has 46 heavy (non-hydrogen) atoms. The smallest absolute Gasteiger partial charge is 0.0636 e. The van der Waals surface area contributed by atoms with E-state index in [1.165, 1.54) is 57.1 Å². The summed E-state index contributed by atoms with van der Waals surface area (Å²) in [5.41, 5.74) is 6.31. The van der Waals surface area contributed by atoms with E-state index in [1.807, 2.05) is 68.0 Å². The SMILES string of the molecule is CC(C)C1=C(c2cc3sc4cc(-c5cc6sc7cc(C8=C(C(C)C)C=CCC8C(C)C)sc7c6s5)sc4c3s2)C(C(C)C)CC=C1. The van der Waals surface area contributed by atoms with E-state index in [2.05, 4.69) is 104 Å². The van der Waals surface area contributed by atoms with Gasteiger partial charge in [-0.05, 0) is 94.9 Å². The molecule has 0 fully saturated rings. The van der Waals surface area contributed by atoms with Crippen molar-refractivity contribution in [1.82, 2.24) is 0 Å². The molecule has 0 saturated carbocycles. The zero-order valence-corrected chi connectivity index (χ0v) is 32.8. The van der Waals surface area contributed by atoms with E-state index in [1.54, 1.807) is 22.3 Å². The van der Waals surface area contributed by atoms with Gasteiger partial charge in [0.1, 0.15) is 0 Å². The summed E-state index contributed by atoms with van der Waals surface area (Å²) in [6.45, 7) is 19.0. The van der Waals surface area contributed by atoms with Crippen molar-refractivity contribution in [1.29, 1.82) is 0 Å². The predicted molar refractivity (Wildman–Crippen MR) is 217 cm³/mol. The molecule has 0 bridgehead atoms. The van der Waals surface area contributed by atoms with E-state index in [9.17, 15) is 0 Å². The Kier molecular flexibility index (Phi) is 8.18. The van der Waals surface area contributed by atoms with Crippen LogP contribution >= 0.6 is 68.0 Å². The Hall–Kier alpha value is -1.80. The summed E-state index contributed by atoms with van der Waals surface area (Å²) in [5, 5.41) is 0. The van der Waals surface area contributed by atoms with Gasteiger partial charge in [0.05, 0.1) is 18.8 Å². The normalized spacial score (nSPS) is 19.6. The number of thiophene rings is 6. The first kappa shape index (κ1) is 31.5. The van der Waals surface area contributed by atoms with Crippen molar-refractivity contribution in [3.8, 4) is 9.75 Å². The first-order chi connectivity index (χ1) is 22.1. The fourth-order valence-corrected chi connectivity index (χ4v) is 16.0. The second-order valence-electron chi connectivity index (χ2n) is 14.4. The van der Waals surface area contributed by atoms with Gasteiger partial charge in [-0.3, -0.25) is 0 Å². The van der Waals surface area contributed by atoms with Gasteiger partial charge in [0.25, 0.3) is 0 Å². The van der Waals surface area contributed by atoms with Crippen LogP contribution in [-0.4, -0.2) is 0 Å². The summed E-state index contributed by atoms with van der Waals surface area (Å²) in [6, 6.07) is 9.98. The highest BCUT2D eigenvalue weighted by molar-refractivity contribution is 7.42. The third-order valence-electron chi connectivity index (χ3n) is 10.0. The van der Waals surface area contributed by atoms with E-state index in [0.717, 1.165) is 12.8 Å². The van der Waals surface area contributed by atoms with Crippen molar-refractivity contribution >= 4 is 117 Å². The summed E-state index contributed by atoms with van der Waals surface area (Å²) < 4.78 is 11.8. The van der Waals surface area contributed by atoms with Crippen LogP contribution in [0.1, 0.15) is 78.0 Å². The molecule has 0 nitrogen and oxygen atoms in total. The lowest BCUT2D eigenvalue weighted by Crippen LogP contribution is -2.15. The number of fused-ring (bicyclic) bond motifs is 6. The Bertz CT molecular complexity index is 2070. The average Bonchev–Trinajstić information content (AvgIpc) is 3.84. The highest BCUT2D eigenvalue weighted by Gasteiger charge is 2.29. The molecule has 0 aromatic carbocycles. The summed E-state index contributed by atoms with van der Waals surface area (Å²) >= 11 is 12.1. The number of hydrogen-bond donors (Lipinski definition) is 0. The zero-order chi connectivity index (χ0) is 32.0. The Morgan fingerprint density at radius 2 is 0.783 bits per heavy atom. The Labute approximate surface area is 297 Å². The van der Waals surface area contributed by atoms with Gasteiger partial charge in [-0.15, -0.1) is 68.0 Å². The molecule has 0 spiro atoms. The molecule has 6 heteroatoms. The molecule has 0 saturated heterocycles. The second kappa shape index (κ2) is 12.0. The zero-order valence-electron chi connectivity index (χ0n) is 27.9. The van der Waals surface area contributed by atoms with Crippen LogP contribution in [0.4, 0.5) is 0 Å². The number of rotatable bonds is 7. The molecule has 2 aliphatic carbocycles. The van der Waals surface area contributed by atoms with Crippen LogP contribution in [-0.2, 0) is 0 Å². The maximum atomic E-state index is 2.52. The lowest BCUT2D eigenvalue weighted by Gasteiger charge is -2.29. The summed E-state index contributed by atoms with van der Waals surface area (Å²) in [6.07, 6.45) is 12.0. The van der Waals surface area contributed by atoms with Gasteiger partial charge >= 0.3 is 0 Å². The molecule has 6 heterocycles. The molecule has 8 rings (SSSR count). The van der Waals surface area contributed by atoms with Gasteiger partial charge in [0.15, 0.2) is 0 Å². The Balaban J connectivity index is 1.18. The summed E-state index contributed by atoms with van der Waals surface area (Å²) in [5.74, 6) is 3.60. The highest BCUT2D eigenvalue weighted by Crippen LogP contribution is 2.54. The molecule has 0 N–H and O–H groups in total. The Morgan fingerprint density at radius 3 is 1.11 bits per heavy atom. The standard InChI is InChI=1S/C40H42S6/c1-19(2)23-11-9-12-24(20(3)4)35(23)29-17-33-39(45-29)37-31(41-33)15-27(43-37)28-16-32-38(44-28)40-34(42-32)18-30(46-40)36-25(21(5)6)13-10-14-26(36)22(7)8/h9-11,13,15-22,24,26H,12,14H2,1-8H3. The minimum atomic E-state index is 0.546. The minimum absolute atomic E-state index is 0.546. The van der Waals surface area contributed by atoms with Crippen molar-refractivity contribution in [2.75, 3.05) is 0 Å². The van der Waals surface area contributed by atoms with Gasteiger partial charge in [-0.1, -0.05) is 79.7 Å². The molecular weight excluding hydrogens is 673 g/mol. The number of hydrogen-bond acceptors (Lipinski definition) is 6. The van der Waals surface area contributed by atoms with Gasteiger partial charge in [-0.2, -0.15) is 0 Å². The van der Waals surface area contributed by atoms with Crippen molar-refractivity contribution in [3.63, 3.8) is 0 Å². The van der Waals surface area contributed by atoms with Crippen molar-refractivity contribution in [3.05, 3.63) is 69.5 Å². The Morgan fingerprint density at radius 1 is 0.457 bits per heavy atom. The van der Waals surface area contributed by atoms with Crippen LogP contribution in [0.25, 0.3) is 58.5 Å². The largest absolute Gasteiger partial charge is 0.133 e. The minimum Gasteiger partial charge on any atom is -0.133 e. The van der Waals surface area contributed by atoms with Gasteiger partial charge < -0.3 is 0 Å². The molecular formula is C40H42S6. The monoisotopic (exact) mass is 714 g/mol. The molecule has 2 atom stereocenters. The van der Waals surface area contributed by atoms with Crippen molar-refractivity contribution in [2.24, 2.45) is 35.5 Å². The molecule has 6 aromatic rings. The fraction of sp³-hybridized carbons (Fsp3) is 0.400. The molecule has 0 radical (unpaired) electrons. The fourth-order valence-electron chi connectivity index (χ4n) is 7.57. The maximum Gasteiger partial charge on any atom is 0.0636 e. The second-order valence-corrected chi connectivity index (χ2v) is 20.8. The summed E-state index contributed by atoms with van der Waals surface area (Å²) in [7, 11) is 0. The van der Waals surface area contributed by atoms with E-state index in [4.69, 9.17) is 0 Å². The first-order valence-electron chi connectivity index (χ1n) is 16.8. The molecule has 0 aliphatic heterocycles. The molecule has 2 unspecified atom stereocenters. The van der Waals surface area contributed by atoms with E-state index in [-0.39, 0.29) is 0 Å². The van der Waals surface area contributed by atoms with Crippen LogP contribution in [0.5, 0.6) is 0 Å². The molecule has 6 aromatic heterocycles. The van der Waals surface area contributed by atoms with Crippen molar-refractivity contribution in [2.45, 2.75) is 68.2 Å². The molecule has 0 amide bonds. The lowest BCUT2D eigenvalue weighted by molar-refractivity contribution is 0.477. The van der Waals surface area contributed by atoms with Crippen LogP contribution in [0.15, 0.2) is 59.7 Å². The van der Waals surface area contributed by atoms with Crippen LogP contribution in [0.3, 0.4) is 0 Å². The molecule has 238 valence electrons. The summed E-state index contributed by atoms with van der Waals surface area (Å²) in [4.78, 5) is 5.87. The maximum absolute atomic E-state index is 2.52.